The zero-order valence-electron chi connectivity index (χ0n) is 13.3. The topological polar surface area (TPSA) is 101 Å². The first-order valence-electron chi connectivity index (χ1n) is 7.39. The molecule has 0 atom stereocenters. The van der Waals surface area contributed by atoms with Crippen molar-refractivity contribution in [2.24, 2.45) is 0 Å². The standard InChI is InChI=1S/C17H13FN4O3S/c18-13-3-7-16(8-4-13)26(24,25)22-14-5-1-12(2-6-14)17(23)21-15-9-19-11-20-10-15/h1-11,22H,(H,21,23). The number of aromatic nitrogens is 2. The Morgan fingerprint density at radius 2 is 1.50 bits per heavy atom. The molecule has 0 fully saturated rings. The fraction of sp³-hybridized carbons (Fsp3) is 0. The summed E-state index contributed by atoms with van der Waals surface area (Å²) in [7, 11) is -3.85. The van der Waals surface area contributed by atoms with Crippen LogP contribution in [0.2, 0.25) is 0 Å². The van der Waals surface area contributed by atoms with Crippen LogP contribution >= 0.6 is 0 Å². The molecular formula is C17H13FN4O3S. The Hall–Kier alpha value is -3.33. The van der Waals surface area contributed by atoms with Crippen molar-refractivity contribution in [2.45, 2.75) is 4.90 Å². The van der Waals surface area contributed by atoms with Crippen LogP contribution in [0, 0.1) is 5.82 Å². The Balaban J connectivity index is 1.71. The van der Waals surface area contributed by atoms with Crippen LogP contribution in [0.25, 0.3) is 0 Å². The van der Waals surface area contributed by atoms with E-state index in [1.807, 2.05) is 0 Å². The molecule has 0 spiro atoms. The molecule has 1 amide bonds. The van der Waals surface area contributed by atoms with Gasteiger partial charge in [-0.1, -0.05) is 0 Å². The van der Waals surface area contributed by atoms with Crippen molar-refractivity contribution in [3.8, 4) is 0 Å². The second-order valence-electron chi connectivity index (χ2n) is 5.22. The van der Waals surface area contributed by atoms with Crippen molar-refractivity contribution >= 4 is 27.3 Å². The molecule has 9 heteroatoms. The van der Waals surface area contributed by atoms with Gasteiger partial charge in [0, 0.05) is 11.3 Å². The largest absolute Gasteiger partial charge is 0.319 e. The molecule has 0 saturated carbocycles. The van der Waals surface area contributed by atoms with E-state index >= 15 is 0 Å². The maximum Gasteiger partial charge on any atom is 0.261 e. The van der Waals surface area contributed by atoms with Crippen LogP contribution in [0.1, 0.15) is 10.4 Å². The number of rotatable bonds is 5. The highest BCUT2D eigenvalue weighted by atomic mass is 32.2. The summed E-state index contributed by atoms with van der Waals surface area (Å²) >= 11 is 0. The van der Waals surface area contributed by atoms with Gasteiger partial charge in [0.2, 0.25) is 0 Å². The minimum Gasteiger partial charge on any atom is -0.319 e. The maximum absolute atomic E-state index is 12.9. The van der Waals surface area contributed by atoms with Gasteiger partial charge in [-0.2, -0.15) is 0 Å². The van der Waals surface area contributed by atoms with Crippen molar-refractivity contribution in [3.63, 3.8) is 0 Å². The predicted octanol–water partition coefficient (Wildman–Crippen LogP) is 2.67. The Labute approximate surface area is 149 Å². The first-order chi connectivity index (χ1) is 12.4. The average molecular weight is 372 g/mol. The Morgan fingerprint density at radius 3 is 2.12 bits per heavy atom. The molecule has 2 aromatic carbocycles. The van der Waals surface area contributed by atoms with Crippen LogP contribution in [0.5, 0.6) is 0 Å². The highest BCUT2D eigenvalue weighted by molar-refractivity contribution is 7.92. The summed E-state index contributed by atoms with van der Waals surface area (Å²) in [6, 6.07) is 10.3. The van der Waals surface area contributed by atoms with Crippen LogP contribution in [-0.4, -0.2) is 24.3 Å². The van der Waals surface area contributed by atoms with Gasteiger partial charge in [-0.3, -0.25) is 9.52 Å². The number of amides is 1. The lowest BCUT2D eigenvalue weighted by Gasteiger charge is -2.09. The van der Waals surface area contributed by atoms with Crippen molar-refractivity contribution in [1.82, 2.24) is 9.97 Å². The van der Waals surface area contributed by atoms with Gasteiger partial charge in [0.15, 0.2) is 0 Å². The number of halogens is 1. The number of anilines is 2. The minimum atomic E-state index is -3.85. The summed E-state index contributed by atoms with van der Waals surface area (Å²) < 4.78 is 39.8. The molecule has 132 valence electrons. The van der Waals surface area contributed by atoms with Gasteiger partial charge >= 0.3 is 0 Å². The van der Waals surface area contributed by atoms with Crippen molar-refractivity contribution in [1.29, 1.82) is 0 Å². The predicted molar refractivity (Wildman–Crippen MR) is 93.6 cm³/mol. The van der Waals surface area contributed by atoms with Gasteiger partial charge in [-0.05, 0) is 48.5 Å². The van der Waals surface area contributed by atoms with E-state index < -0.39 is 15.8 Å². The zero-order valence-corrected chi connectivity index (χ0v) is 14.1. The first-order valence-corrected chi connectivity index (χ1v) is 8.87. The Morgan fingerprint density at radius 1 is 0.885 bits per heavy atom. The summed E-state index contributed by atoms with van der Waals surface area (Å²) in [4.78, 5) is 19.6. The monoisotopic (exact) mass is 372 g/mol. The van der Waals surface area contributed by atoms with E-state index in [2.05, 4.69) is 20.0 Å². The highest BCUT2D eigenvalue weighted by Crippen LogP contribution is 2.17. The lowest BCUT2D eigenvalue weighted by atomic mass is 10.2. The van der Waals surface area contributed by atoms with E-state index in [1.54, 1.807) is 0 Å². The SMILES string of the molecule is O=C(Nc1cncnc1)c1ccc(NS(=O)(=O)c2ccc(F)cc2)cc1. The fourth-order valence-electron chi connectivity index (χ4n) is 2.08. The second-order valence-corrected chi connectivity index (χ2v) is 6.90. The fourth-order valence-corrected chi connectivity index (χ4v) is 3.14. The number of nitrogens with one attached hydrogen (secondary N) is 2. The summed E-state index contributed by atoms with van der Waals surface area (Å²) in [5.41, 5.74) is 1.05. The summed E-state index contributed by atoms with van der Waals surface area (Å²) in [5.74, 6) is -0.907. The number of hydrogen-bond donors (Lipinski definition) is 2. The lowest BCUT2D eigenvalue weighted by Crippen LogP contribution is -2.14. The third kappa shape index (κ3) is 4.19. The molecule has 0 aliphatic carbocycles. The van der Waals surface area contributed by atoms with Gasteiger partial charge < -0.3 is 5.32 Å². The number of carbonyl (C=O) groups excluding carboxylic acids is 1. The maximum atomic E-state index is 12.9. The molecule has 0 bridgehead atoms. The molecule has 2 N–H and O–H groups in total. The van der Waals surface area contributed by atoms with E-state index in [-0.39, 0.29) is 16.5 Å². The Kier molecular flexibility index (Phi) is 4.90. The molecule has 3 aromatic rings. The molecule has 3 rings (SSSR count). The zero-order chi connectivity index (χ0) is 18.6. The molecule has 0 unspecified atom stereocenters. The molecule has 0 aliphatic heterocycles. The van der Waals surface area contributed by atoms with Crippen LogP contribution in [0.3, 0.4) is 0 Å². The molecule has 7 nitrogen and oxygen atoms in total. The van der Waals surface area contributed by atoms with E-state index in [1.165, 1.54) is 55.1 Å². The van der Waals surface area contributed by atoms with Crippen molar-refractivity contribution < 1.29 is 17.6 Å². The average Bonchev–Trinajstić information content (AvgIpc) is 2.63. The summed E-state index contributed by atoms with van der Waals surface area (Å²) in [5, 5.41) is 2.62. The second kappa shape index (κ2) is 7.28. The molecule has 26 heavy (non-hydrogen) atoms. The molecule has 0 aliphatic rings. The van der Waals surface area contributed by atoms with E-state index in [0.29, 0.717) is 11.3 Å². The van der Waals surface area contributed by atoms with Gasteiger partial charge in [0.25, 0.3) is 15.9 Å². The number of carbonyl (C=O) groups is 1. The molecular weight excluding hydrogens is 359 g/mol. The van der Waals surface area contributed by atoms with E-state index in [9.17, 15) is 17.6 Å². The number of hydrogen-bond acceptors (Lipinski definition) is 5. The number of sulfonamides is 1. The smallest absolute Gasteiger partial charge is 0.261 e. The van der Waals surface area contributed by atoms with Gasteiger partial charge in [0.1, 0.15) is 12.1 Å². The van der Waals surface area contributed by atoms with Crippen LogP contribution in [0.15, 0.2) is 72.1 Å². The molecule has 1 heterocycles. The van der Waals surface area contributed by atoms with Crippen LogP contribution in [-0.2, 0) is 10.0 Å². The first kappa shape index (κ1) is 17.5. The van der Waals surface area contributed by atoms with Gasteiger partial charge in [-0.15, -0.1) is 0 Å². The van der Waals surface area contributed by atoms with Gasteiger partial charge in [0.05, 0.1) is 23.0 Å². The third-order valence-electron chi connectivity index (χ3n) is 3.34. The number of benzene rings is 2. The third-order valence-corrected chi connectivity index (χ3v) is 4.74. The molecule has 0 radical (unpaired) electrons. The van der Waals surface area contributed by atoms with Crippen molar-refractivity contribution in [2.75, 3.05) is 10.0 Å². The lowest BCUT2D eigenvalue weighted by molar-refractivity contribution is 0.102. The van der Waals surface area contributed by atoms with Crippen LogP contribution < -0.4 is 10.0 Å². The summed E-state index contributed by atoms with van der Waals surface area (Å²) in [6.07, 6.45) is 4.25. The van der Waals surface area contributed by atoms with E-state index in [4.69, 9.17) is 0 Å². The van der Waals surface area contributed by atoms with Crippen molar-refractivity contribution in [3.05, 3.63) is 78.6 Å². The summed E-state index contributed by atoms with van der Waals surface area (Å²) in [6.45, 7) is 0. The highest BCUT2D eigenvalue weighted by Gasteiger charge is 2.14. The molecule has 0 saturated heterocycles. The quantitative estimate of drug-likeness (QED) is 0.717. The number of nitrogens with zero attached hydrogens (tertiary/aromatic N) is 2. The van der Waals surface area contributed by atoms with Gasteiger partial charge in [-0.25, -0.2) is 22.8 Å². The normalized spacial score (nSPS) is 11.0. The van der Waals surface area contributed by atoms with Crippen LogP contribution in [0.4, 0.5) is 15.8 Å². The van der Waals surface area contributed by atoms with E-state index in [0.717, 1.165) is 12.1 Å². The Bertz CT molecular complexity index is 1010. The minimum absolute atomic E-state index is 0.0650. The molecule has 1 aromatic heterocycles.